The monoisotopic (exact) mass is 367 g/mol. The van der Waals surface area contributed by atoms with Gasteiger partial charge in [-0.15, -0.1) is 0 Å². The first kappa shape index (κ1) is 18.2. The van der Waals surface area contributed by atoms with Gasteiger partial charge in [0.2, 0.25) is 5.76 Å². The fourth-order valence-electron chi connectivity index (χ4n) is 2.45. The molecule has 1 N–H and O–H groups in total. The van der Waals surface area contributed by atoms with Crippen molar-refractivity contribution in [2.45, 2.75) is 6.61 Å². The molecule has 0 fully saturated rings. The van der Waals surface area contributed by atoms with Crippen LogP contribution in [0.15, 0.2) is 59.0 Å². The molecule has 2 aromatic carbocycles. The lowest BCUT2D eigenvalue weighted by atomic mass is 10.1. The van der Waals surface area contributed by atoms with Crippen LogP contribution < -0.4 is 5.32 Å². The predicted molar refractivity (Wildman–Crippen MR) is 96.1 cm³/mol. The van der Waals surface area contributed by atoms with E-state index in [-0.39, 0.29) is 24.8 Å². The molecule has 0 spiro atoms. The van der Waals surface area contributed by atoms with Gasteiger partial charge in [0.05, 0.1) is 7.11 Å². The zero-order chi connectivity index (χ0) is 19.2. The first-order valence-corrected chi connectivity index (χ1v) is 8.16. The first-order chi connectivity index (χ1) is 13.1. The van der Waals surface area contributed by atoms with Gasteiger partial charge in [-0.2, -0.15) is 0 Å². The third kappa shape index (κ3) is 4.52. The number of hydrogen-bond donors (Lipinski definition) is 1. The topological polar surface area (TPSA) is 94.8 Å². The molecule has 138 valence electrons. The maximum atomic E-state index is 12.2. The molecular formula is C20H17NO6. The summed E-state index contributed by atoms with van der Waals surface area (Å²) in [6.07, 6.45) is 0. The Morgan fingerprint density at radius 1 is 1.00 bits per heavy atom. The van der Waals surface area contributed by atoms with E-state index in [2.05, 4.69) is 10.1 Å². The van der Waals surface area contributed by atoms with Crippen molar-refractivity contribution >= 4 is 28.6 Å². The summed E-state index contributed by atoms with van der Waals surface area (Å²) in [4.78, 5) is 35.3. The molecule has 0 saturated carbocycles. The van der Waals surface area contributed by atoms with Crippen molar-refractivity contribution in [3.8, 4) is 0 Å². The zero-order valence-corrected chi connectivity index (χ0v) is 14.6. The van der Waals surface area contributed by atoms with Crippen molar-refractivity contribution in [2.24, 2.45) is 0 Å². The second kappa shape index (κ2) is 8.18. The Morgan fingerprint density at radius 3 is 2.56 bits per heavy atom. The zero-order valence-electron chi connectivity index (χ0n) is 14.6. The van der Waals surface area contributed by atoms with Crippen molar-refractivity contribution in [3.05, 3.63) is 71.7 Å². The third-order valence-electron chi connectivity index (χ3n) is 3.83. The van der Waals surface area contributed by atoms with E-state index < -0.39 is 11.9 Å². The number of nitrogens with one attached hydrogen (secondary N) is 1. The average molecular weight is 367 g/mol. The Bertz CT molecular complexity index is 991. The van der Waals surface area contributed by atoms with Gasteiger partial charge in [-0.3, -0.25) is 9.59 Å². The van der Waals surface area contributed by atoms with E-state index in [1.165, 1.54) is 19.2 Å². The summed E-state index contributed by atoms with van der Waals surface area (Å²) in [5.41, 5.74) is 0.454. The number of benzene rings is 2. The van der Waals surface area contributed by atoms with E-state index in [0.29, 0.717) is 11.3 Å². The van der Waals surface area contributed by atoms with E-state index in [1.807, 2.05) is 30.3 Å². The van der Waals surface area contributed by atoms with Crippen LogP contribution >= 0.6 is 0 Å². The smallest absolute Gasteiger partial charge is 0.373 e. The fraction of sp³-hybridized carbons (Fsp3) is 0.150. The van der Waals surface area contributed by atoms with Crippen molar-refractivity contribution in [2.75, 3.05) is 13.7 Å². The lowest BCUT2D eigenvalue weighted by Gasteiger charge is -2.06. The number of esters is 2. The Morgan fingerprint density at radius 2 is 1.78 bits per heavy atom. The Kier molecular flexibility index (Phi) is 5.51. The van der Waals surface area contributed by atoms with Crippen LogP contribution in [0.3, 0.4) is 0 Å². The maximum Gasteiger partial charge on any atom is 0.373 e. The average Bonchev–Trinajstić information content (AvgIpc) is 3.18. The number of amides is 1. The van der Waals surface area contributed by atoms with Crippen LogP contribution in [0.2, 0.25) is 0 Å². The van der Waals surface area contributed by atoms with E-state index in [4.69, 9.17) is 9.15 Å². The van der Waals surface area contributed by atoms with Crippen molar-refractivity contribution in [1.82, 2.24) is 5.32 Å². The summed E-state index contributed by atoms with van der Waals surface area (Å²) in [6.45, 7) is -0.433. The molecular weight excluding hydrogens is 350 g/mol. The maximum absolute atomic E-state index is 12.2. The number of carbonyl (C=O) groups excluding carboxylic acids is 3. The Labute approximate surface area is 154 Å². The highest BCUT2D eigenvalue weighted by Crippen LogP contribution is 2.15. The number of furan rings is 1. The molecule has 0 aliphatic heterocycles. The molecule has 7 heteroatoms. The summed E-state index contributed by atoms with van der Waals surface area (Å²) >= 11 is 0. The third-order valence-corrected chi connectivity index (χ3v) is 3.83. The van der Waals surface area contributed by atoms with Crippen LogP contribution in [-0.2, 0) is 20.9 Å². The van der Waals surface area contributed by atoms with Gasteiger partial charge >= 0.3 is 11.9 Å². The quantitative estimate of drug-likeness (QED) is 0.673. The normalized spacial score (nSPS) is 10.4. The van der Waals surface area contributed by atoms with Gasteiger partial charge in [0.25, 0.3) is 5.91 Å². The summed E-state index contributed by atoms with van der Waals surface area (Å²) in [5, 5.41) is 4.48. The predicted octanol–water partition coefficient (Wildman–Crippen LogP) is 2.69. The van der Waals surface area contributed by atoms with Crippen LogP contribution in [-0.4, -0.2) is 31.5 Å². The number of fused-ring (bicyclic) bond motifs is 1. The molecule has 0 aliphatic carbocycles. The second-order valence-corrected chi connectivity index (χ2v) is 5.66. The molecule has 0 atom stereocenters. The minimum absolute atomic E-state index is 0.0214. The van der Waals surface area contributed by atoms with Gasteiger partial charge in [-0.25, -0.2) is 4.79 Å². The molecule has 3 rings (SSSR count). The number of methoxy groups -OCH3 is 1. The largest absolute Gasteiger partial charge is 0.463 e. The standard InChI is InChI=1S/C20H17NO6/c1-25-20(24)17-9-8-16(27-17)12-26-18(22)11-21-19(23)15-7-6-13-4-2-3-5-14(13)10-15/h2-10H,11-12H2,1H3,(H,21,23). The van der Waals surface area contributed by atoms with E-state index in [1.54, 1.807) is 12.1 Å². The number of carbonyl (C=O) groups is 3. The van der Waals surface area contributed by atoms with Crippen molar-refractivity contribution in [1.29, 1.82) is 0 Å². The molecule has 0 saturated heterocycles. The van der Waals surface area contributed by atoms with Gasteiger partial charge < -0.3 is 19.2 Å². The minimum atomic E-state index is -0.625. The van der Waals surface area contributed by atoms with Crippen LogP contribution in [0.25, 0.3) is 10.8 Å². The molecule has 0 unspecified atom stereocenters. The fourth-order valence-corrected chi connectivity index (χ4v) is 2.45. The molecule has 1 heterocycles. The van der Waals surface area contributed by atoms with Crippen LogP contribution in [0.4, 0.5) is 0 Å². The Hall–Kier alpha value is -3.61. The highest BCUT2D eigenvalue weighted by atomic mass is 16.6. The molecule has 1 amide bonds. The van der Waals surface area contributed by atoms with Gasteiger partial charge in [0, 0.05) is 5.56 Å². The molecule has 1 aromatic heterocycles. The minimum Gasteiger partial charge on any atom is -0.463 e. The molecule has 3 aromatic rings. The van der Waals surface area contributed by atoms with Gasteiger partial charge in [-0.05, 0) is 35.0 Å². The highest BCUT2D eigenvalue weighted by molar-refractivity contribution is 5.99. The first-order valence-electron chi connectivity index (χ1n) is 8.16. The Balaban J connectivity index is 1.50. The summed E-state index contributed by atoms with van der Waals surface area (Å²) in [6, 6.07) is 15.9. The SMILES string of the molecule is COC(=O)c1ccc(COC(=O)CNC(=O)c2ccc3ccccc3c2)o1. The summed E-state index contributed by atoms with van der Waals surface area (Å²) < 4.78 is 14.7. The van der Waals surface area contributed by atoms with E-state index in [0.717, 1.165) is 10.8 Å². The second-order valence-electron chi connectivity index (χ2n) is 5.66. The molecule has 0 aliphatic rings. The van der Waals surface area contributed by atoms with Gasteiger partial charge in [-0.1, -0.05) is 30.3 Å². The van der Waals surface area contributed by atoms with Crippen LogP contribution in [0, 0.1) is 0 Å². The lowest BCUT2D eigenvalue weighted by Crippen LogP contribution is -2.30. The van der Waals surface area contributed by atoms with E-state index >= 15 is 0 Å². The molecule has 0 bridgehead atoms. The molecule has 7 nitrogen and oxygen atoms in total. The summed E-state index contributed by atoms with van der Waals surface area (Å²) in [5.74, 6) is -1.29. The van der Waals surface area contributed by atoms with Crippen LogP contribution in [0.5, 0.6) is 0 Å². The highest BCUT2D eigenvalue weighted by Gasteiger charge is 2.13. The number of rotatable bonds is 6. The number of hydrogen-bond acceptors (Lipinski definition) is 6. The molecule has 0 radical (unpaired) electrons. The van der Waals surface area contributed by atoms with E-state index in [9.17, 15) is 14.4 Å². The van der Waals surface area contributed by atoms with Crippen molar-refractivity contribution in [3.63, 3.8) is 0 Å². The molecule has 27 heavy (non-hydrogen) atoms. The van der Waals surface area contributed by atoms with Gasteiger partial charge in [0.15, 0.2) is 0 Å². The lowest BCUT2D eigenvalue weighted by molar-refractivity contribution is -0.144. The number of ether oxygens (including phenoxy) is 2. The van der Waals surface area contributed by atoms with Crippen molar-refractivity contribution < 1.29 is 28.3 Å². The summed E-state index contributed by atoms with van der Waals surface area (Å²) in [7, 11) is 1.24. The van der Waals surface area contributed by atoms with Crippen LogP contribution in [0.1, 0.15) is 26.7 Å². The van der Waals surface area contributed by atoms with Gasteiger partial charge in [0.1, 0.15) is 18.9 Å².